The monoisotopic (exact) mass is 259 g/mol. The number of hydrogen-bond donors (Lipinski definition) is 1. The first-order chi connectivity index (χ1) is 9.10. The standard InChI is InChI=1S/C13H13N3O3/c1-3-9-11(5-4-8(2)16-9)19-12-7-14-10(6-15-12)13(17)18/h4-7H,3H2,1-2H3,(H,17,18). The number of aromatic nitrogens is 3. The lowest BCUT2D eigenvalue weighted by Crippen LogP contribution is -2.02. The Hall–Kier alpha value is -2.50. The van der Waals surface area contributed by atoms with Crippen molar-refractivity contribution in [1.29, 1.82) is 0 Å². The van der Waals surface area contributed by atoms with Gasteiger partial charge in [0, 0.05) is 5.69 Å². The van der Waals surface area contributed by atoms with Gasteiger partial charge >= 0.3 is 5.97 Å². The van der Waals surface area contributed by atoms with Crippen molar-refractivity contribution in [1.82, 2.24) is 15.0 Å². The number of carboxylic acids is 1. The highest BCUT2D eigenvalue weighted by molar-refractivity contribution is 5.84. The number of aromatic carboxylic acids is 1. The van der Waals surface area contributed by atoms with Crippen LogP contribution in [0.5, 0.6) is 11.6 Å². The average molecular weight is 259 g/mol. The molecular weight excluding hydrogens is 246 g/mol. The Morgan fingerprint density at radius 3 is 2.68 bits per heavy atom. The fourth-order valence-corrected chi connectivity index (χ4v) is 1.54. The summed E-state index contributed by atoms with van der Waals surface area (Å²) >= 11 is 0. The maximum atomic E-state index is 10.7. The van der Waals surface area contributed by atoms with Crippen LogP contribution in [0.25, 0.3) is 0 Å². The van der Waals surface area contributed by atoms with E-state index < -0.39 is 5.97 Å². The van der Waals surface area contributed by atoms with Gasteiger partial charge < -0.3 is 9.84 Å². The molecule has 2 heterocycles. The Kier molecular flexibility index (Phi) is 3.70. The van der Waals surface area contributed by atoms with Gasteiger partial charge in [-0.05, 0) is 25.5 Å². The first-order valence-electron chi connectivity index (χ1n) is 5.80. The van der Waals surface area contributed by atoms with Crippen molar-refractivity contribution in [2.24, 2.45) is 0 Å². The van der Waals surface area contributed by atoms with Crippen LogP contribution in [0.4, 0.5) is 0 Å². The van der Waals surface area contributed by atoms with Crippen LogP contribution in [-0.4, -0.2) is 26.0 Å². The molecule has 6 nitrogen and oxygen atoms in total. The molecule has 6 heteroatoms. The molecule has 0 saturated heterocycles. The van der Waals surface area contributed by atoms with Gasteiger partial charge in [0.05, 0.1) is 18.1 Å². The minimum absolute atomic E-state index is 0.120. The summed E-state index contributed by atoms with van der Waals surface area (Å²) in [4.78, 5) is 22.7. The molecule has 2 aromatic rings. The molecule has 0 atom stereocenters. The van der Waals surface area contributed by atoms with Crippen LogP contribution < -0.4 is 4.74 Å². The van der Waals surface area contributed by atoms with Crippen LogP contribution in [0, 0.1) is 6.92 Å². The van der Waals surface area contributed by atoms with Crippen LogP contribution in [-0.2, 0) is 6.42 Å². The van der Waals surface area contributed by atoms with Crippen molar-refractivity contribution in [3.8, 4) is 11.6 Å². The molecule has 19 heavy (non-hydrogen) atoms. The Balaban J connectivity index is 2.23. The predicted octanol–water partition coefficient (Wildman–Crippen LogP) is 2.23. The van der Waals surface area contributed by atoms with Gasteiger partial charge in [-0.3, -0.25) is 4.98 Å². The summed E-state index contributed by atoms with van der Waals surface area (Å²) in [5.74, 6) is -0.277. The molecule has 0 fully saturated rings. The van der Waals surface area contributed by atoms with E-state index in [1.165, 1.54) is 6.20 Å². The Morgan fingerprint density at radius 1 is 1.32 bits per heavy atom. The van der Waals surface area contributed by atoms with Gasteiger partial charge in [-0.25, -0.2) is 14.8 Å². The number of pyridine rings is 1. The fraction of sp³-hybridized carbons (Fsp3) is 0.231. The lowest BCUT2D eigenvalue weighted by Gasteiger charge is -2.08. The van der Waals surface area contributed by atoms with Crippen LogP contribution in [0.15, 0.2) is 24.5 Å². The molecule has 0 bridgehead atoms. The van der Waals surface area contributed by atoms with Crippen molar-refractivity contribution in [3.63, 3.8) is 0 Å². The zero-order chi connectivity index (χ0) is 13.8. The third-order valence-electron chi connectivity index (χ3n) is 2.47. The van der Waals surface area contributed by atoms with Crippen molar-refractivity contribution >= 4 is 5.97 Å². The van der Waals surface area contributed by atoms with E-state index in [2.05, 4.69) is 15.0 Å². The average Bonchev–Trinajstić information content (AvgIpc) is 2.41. The minimum Gasteiger partial charge on any atom is -0.476 e. The number of ether oxygens (including phenoxy) is 1. The number of hydrogen-bond acceptors (Lipinski definition) is 5. The highest BCUT2D eigenvalue weighted by Gasteiger charge is 2.09. The van der Waals surface area contributed by atoms with Gasteiger partial charge in [-0.2, -0.15) is 0 Å². The number of rotatable bonds is 4. The van der Waals surface area contributed by atoms with Gasteiger partial charge in [0.25, 0.3) is 0 Å². The van der Waals surface area contributed by atoms with E-state index in [9.17, 15) is 4.79 Å². The second kappa shape index (κ2) is 5.43. The van der Waals surface area contributed by atoms with Crippen molar-refractivity contribution in [2.75, 3.05) is 0 Å². The normalized spacial score (nSPS) is 10.2. The summed E-state index contributed by atoms with van der Waals surface area (Å²) in [7, 11) is 0. The van der Waals surface area contributed by atoms with E-state index in [4.69, 9.17) is 9.84 Å². The smallest absolute Gasteiger partial charge is 0.356 e. The van der Waals surface area contributed by atoms with Gasteiger partial charge in [0.2, 0.25) is 5.88 Å². The maximum absolute atomic E-state index is 10.7. The molecule has 0 aliphatic heterocycles. The fourth-order valence-electron chi connectivity index (χ4n) is 1.54. The van der Waals surface area contributed by atoms with Gasteiger partial charge in [0.15, 0.2) is 11.4 Å². The second-order valence-corrected chi connectivity index (χ2v) is 3.90. The lowest BCUT2D eigenvalue weighted by atomic mass is 10.2. The SMILES string of the molecule is CCc1nc(C)ccc1Oc1cnc(C(=O)O)cn1. The minimum atomic E-state index is -1.12. The molecule has 1 N–H and O–H groups in total. The van der Waals surface area contributed by atoms with Gasteiger partial charge in [0.1, 0.15) is 0 Å². The lowest BCUT2D eigenvalue weighted by molar-refractivity contribution is 0.0690. The Labute approximate surface area is 110 Å². The molecule has 0 unspecified atom stereocenters. The summed E-state index contributed by atoms with van der Waals surface area (Å²) in [6, 6.07) is 3.65. The molecule has 0 amide bonds. The topological polar surface area (TPSA) is 85.2 Å². The molecule has 0 aliphatic carbocycles. The molecule has 98 valence electrons. The van der Waals surface area contributed by atoms with Crippen molar-refractivity contribution in [2.45, 2.75) is 20.3 Å². The highest BCUT2D eigenvalue weighted by Crippen LogP contribution is 2.22. The second-order valence-electron chi connectivity index (χ2n) is 3.90. The molecule has 0 spiro atoms. The molecule has 2 aromatic heterocycles. The van der Waals surface area contributed by atoms with Crippen LogP contribution in [0.1, 0.15) is 28.8 Å². The van der Waals surface area contributed by atoms with Crippen LogP contribution in [0.3, 0.4) is 0 Å². The van der Waals surface area contributed by atoms with E-state index in [-0.39, 0.29) is 11.6 Å². The number of aryl methyl sites for hydroxylation is 2. The number of carboxylic acid groups (broad SMARTS) is 1. The molecular formula is C13H13N3O3. The highest BCUT2D eigenvalue weighted by atomic mass is 16.5. The van der Waals surface area contributed by atoms with Gasteiger partial charge in [-0.1, -0.05) is 6.92 Å². The van der Waals surface area contributed by atoms with Crippen molar-refractivity contribution in [3.05, 3.63) is 41.6 Å². The predicted molar refractivity (Wildman–Crippen MR) is 67.4 cm³/mol. The quantitative estimate of drug-likeness (QED) is 0.906. The van der Waals surface area contributed by atoms with E-state index in [1.807, 2.05) is 26.0 Å². The molecule has 0 radical (unpaired) electrons. The summed E-state index contributed by atoms with van der Waals surface area (Å²) in [5, 5.41) is 8.72. The van der Waals surface area contributed by atoms with E-state index in [0.717, 1.165) is 24.0 Å². The third kappa shape index (κ3) is 3.04. The summed E-state index contributed by atoms with van der Waals surface area (Å²) in [6.07, 6.45) is 3.17. The first-order valence-corrected chi connectivity index (χ1v) is 5.80. The van der Waals surface area contributed by atoms with E-state index >= 15 is 0 Å². The van der Waals surface area contributed by atoms with Crippen LogP contribution in [0.2, 0.25) is 0 Å². The maximum Gasteiger partial charge on any atom is 0.356 e. The summed E-state index contributed by atoms with van der Waals surface area (Å²) < 4.78 is 5.56. The molecule has 0 aromatic carbocycles. The number of carbonyl (C=O) groups is 1. The molecule has 0 saturated carbocycles. The van der Waals surface area contributed by atoms with Gasteiger partial charge in [-0.15, -0.1) is 0 Å². The molecule has 2 rings (SSSR count). The zero-order valence-corrected chi connectivity index (χ0v) is 10.6. The summed E-state index contributed by atoms with van der Waals surface area (Å²) in [5.41, 5.74) is 1.62. The van der Waals surface area contributed by atoms with E-state index in [1.54, 1.807) is 0 Å². The first kappa shape index (κ1) is 12.9. The summed E-state index contributed by atoms with van der Waals surface area (Å²) in [6.45, 7) is 3.89. The number of nitrogens with zero attached hydrogens (tertiary/aromatic N) is 3. The Bertz CT molecular complexity index is 597. The third-order valence-corrected chi connectivity index (χ3v) is 2.47. The van der Waals surface area contributed by atoms with Crippen LogP contribution >= 0.6 is 0 Å². The molecule has 0 aliphatic rings. The van der Waals surface area contributed by atoms with E-state index in [0.29, 0.717) is 5.75 Å². The largest absolute Gasteiger partial charge is 0.476 e. The zero-order valence-electron chi connectivity index (χ0n) is 10.6. The Morgan fingerprint density at radius 2 is 2.11 bits per heavy atom. The van der Waals surface area contributed by atoms with Crippen molar-refractivity contribution < 1.29 is 14.6 Å².